The van der Waals surface area contributed by atoms with Crippen molar-refractivity contribution in [3.05, 3.63) is 118 Å². The van der Waals surface area contributed by atoms with E-state index >= 15 is 0 Å². The molecule has 0 radical (unpaired) electrons. The maximum Gasteiger partial charge on any atom is 0.271 e. The van der Waals surface area contributed by atoms with E-state index in [2.05, 4.69) is 28.7 Å². The molecule has 0 bridgehead atoms. The lowest BCUT2D eigenvalue weighted by molar-refractivity contribution is -0.384. The number of carbonyl (C=O) groups is 1. The second kappa shape index (κ2) is 9.53. The number of hydrogen-bond acceptors (Lipinski definition) is 5. The highest BCUT2D eigenvalue weighted by Crippen LogP contribution is 2.22. The molecule has 1 N–H and O–H groups in total. The number of hydrazone groups is 1. The molecular weight excluding hydrogens is 406 g/mol. The van der Waals surface area contributed by atoms with E-state index in [0.29, 0.717) is 17.9 Å². The summed E-state index contributed by atoms with van der Waals surface area (Å²) in [6, 6.07) is 26.9. The van der Waals surface area contributed by atoms with Crippen LogP contribution in [0.25, 0.3) is 10.8 Å². The Hall–Kier alpha value is -4.52. The average molecular weight is 425 g/mol. The van der Waals surface area contributed by atoms with Crippen LogP contribution in [0.2, 0.25) is 0 Å². The summed E-state index contributed by atoms with van der Waals surface area (Å²) >= 11 is 0. The Bertz CT molecular complexity index is 1290. The molecule has 0 aliphatic rings. The Morgan fingerprint density at radius 3 is 2.47 bits per heavy atom. The Labute approximate surface area is 184 Å². The summed E-state index contributed by atoms with van der Waals surface area (Å²) in [5.74, 6) is 0.166. The highest BCUT2D eigenvalue weighted by Gasteiger charge is 2.09. The normalized spacial score (nSPS) is 10.9. The third-order valence-electron chi connectivity index (χ3n) is 4.89. The van der Waals surface area contributed by atoms with E-state index in [4.69, 9.17) is 4.74 Å². The maximum atomic E-state index is 12.2. The fraction of sp³-hybridized carbons (Fsp3) is 0.0400. The van der Waals surface area contributed by atoms with Crippen molar-refractivity contribution in [2.24, 2.45) is 5.10 Å². The van der Waals surface area contributed by atoms with Gasteiger partial charge in [-0.1, -0.05) is 54.6 Å². The summed E-state index contributed by atoms with van der Waals surface area (Å²) in [6.45, 7) is 0.390. The zero-order chi connectivity index (χ0) is 22.3. The number of para-hydroxylation sites is 1. The SMILES string of the molecule is O=C(NN=Cc1ccccc1OCc1cccc2ccccc12)c1ccc([N+](=O)[O-])cc1. The number of nitro groups is 1. The summed E-state index contributed by atoms with van der Waals surface area (Å²) < 4.78 is 6.04. The smallest absolute Gasteiger partial charge is 0.271 e. The molecule has 0 aromatic heterocycles. The van der Waals surface area contributed by atoms with Gasteiger partial charge in [-0.2, -0.15) is 5.10 Å². The number of carbonyl (C=O) groups excluding carboxylic acids is 1. The Kier molecular flexibility index (Phi) is 6.17. The van der Waals surface area contributed by atoms with Gasteiger partial charge in [-0.25, -0.2) is 5.43 Å². The summed E-state index contributed by atoms with van der Waals surface area (Å²) in [5.41, 5.74) is 4.39. The van der Waals surface area contributed by atoms with Crippen LogP contribution in [0.1, 0.15) is 21.5 Å². The van der Waals surface area contributed by atoms with E-state index in [9.17, 15) is 14.9 Å². The summed E-state index contributed by atoms with van der Waals surface area (Å²) in [6.07, 6.45) is 1.50. The van der Waals surface area contributed by atoms with Crippen LogP contribution >= 0.6 is 0 Å². The molecule has 158 valence electrons. The molecule has 0 saturated carbocycles. The van der Waals surface area contributed by atoms with E-state index in [0.717, 1.165) is 16.3 Å². The monoisotopic (exact) mass is 425 g/mol. The van der Waals surface area contributed by atoms with Gasteiger partial charge in [0.25, 0.3) is 11.6 Å². The van der Waals surface area contributed by atoms with Crippen molar-refractivity contribution < 1.29 is 14.5 Å². The highest BCUT2D eigenvalue weighted by molar-refractivity contribution is 5.95. The minimum absolute atomic E-state index is 0.0812. The summed E-state index contributed by atoms with van der Waals surface area (Å²) in [4.78, 5) is 22.4. The van der Waals surface area contributed by atoms with Gasteiger partial charge in [0, 0.05) is 23.3 Å². The predicted octanol–water partition coefficient (Wildman–Crippen LogP) is 5.09. The minimum Gasteiger partial charge on any atom is -0.488 e. The molecule has 32 heavy (non-hydrogen) atoms. The third kappa shape index (κ3) is 4.79. The van der Waals surface area contributed by atoms with Crippen LogP contribution in [0, 0.1) is 10.1 Å². The number of ether oxygens (including phenoxy) is 1. The first-order valence-corrected chi connectivity index (χ1v) is 9.88. The number of hydrogen-bond donors (Lipinski definition) is 1. The number of benzene rings is 4. The Balaban J connectivity index is 1.43. The van der Waals surface area contributed by atoms with Crippen LogP contribution in [-0.2, 0) is 6.61 Å². The molecule has 4 aromatic carbocycles. The van der Waals surface area contributed by atoms with Crippen molar-refractivity contribution in [2.45, 2.75) is 6.61 Å². The fourth-order valence-electron chi connectivity index (χ4n) is 3.25. The second-order valence-corrected chi connectivity index (χ2v) is 6.97. The summed E-state index contributed by atoms with van der Waals surface area (Å²) in [7, 11) is 0. The fourth-order valence-corrected chi connectivity index (χ4v) is 3.25. The summed E-state index contributed by atoms with van der Waals surface area (Å²) in [5, 5.41) is 17.0. The van der Waals surface area contributed by atoms with Gasteiger partial charge in [-0.3, -0.25) is 14.9 Å². The van der Waals surface area contributed by atoms with Crippen LogP contribution in [0.5, 0.6) is 5.75 Å². The molecule has 4 aromatic rings. The second-order valence-electron chi connectivity index (χ2n) is 6.97. The first-order valence-electron chi connectivity index (χ1n) is 9.88. The van der Waals surface area contributed by atoms with Gasteiger partial charge in [0.2, 0.25) is 0 Å². The molecule has 1 amide bonds. The molecular formula is C25H19N3O4. The molecule has 7 nitrogen and oxygen atoms in total. The van der Waals surface area contributed by atoms with Gasteiger partial charge in [0.1, 0.15) is 12.4 Å². The predicted molar refractivity (Wildman–Crippen MR) is 123 cm³/mol. The first-order chi connectivity index (χ1) is 15.6. The van der Waals surface area contributed by atoms with Crippen LogP contribution < -0.4 is 10.2 Å². The zero-order valence-corrected chi connectivity index (χ0v) is 17.0. The lowest BCUT2D eigenvalue weighted by Gasteiger charge is -2.11. The van der Waals surface area contributed by atoms with Crippen LogP contribution in [0.4, 0.5) is 5.69 Å². The number of rotatable bonds is 7. The van der Waals surface area contributed by atoms with Gasteiger partial charge >= 0.3 is 0 Å². The van der Waals surface area contributed by atoms with Gasteiger partial charge in [-0.05, 0) is 40.6 Å². The van der Waals surface area contributed by atoms with Crippen LogP contribution in [0.3, 0.4) is 0 Å². The van der Waals surface area contributed by atoms with Gasteiger partial charge in [0.15, 0.2) is 0 Å². The van der Waals surface area contributed by atoms with Crippen molar-refractivity contribution in [3.8, 4) is 5.75 Å². The third-order valence-corrected chi connectivity index (χ3v) is 4.89. The van der Waals surface area contributed by atoms with Crippen LogP contribution in [0.15, 0.2) is 96.1 Å². The highest BCUT2D eigenvalue weighted by atomic mass is 16.6. The van der Waals surface area contributed by atoms with E-state index in [-0.39, 0.29) is 11.3 Å². The molecule has 7 heteroatoms. The molecule has 0 fully saturated rings. The number of nitrogens with zero attached hydrogens (tertiary/aromatic N) is 2. The topological polar surface area (TPSA) is 93.8 Å². The molecule has 0 heterocycles. The van der Waals surface area contributed by atoms with Crippen molar-refractivity contribution >= 4 is 28.6 Å². The molecule has 0 atom stereocenters. The van der Waals surface area contributed by atoms with Gasteiger partial charge < -0.3 is 4.74 Å². The molecule has 0 aliphatic heterocycles. The zero-order valence-electron chi connectivity index (χ0n) is 17.0. The molecule has 0 saturated heterocycles. The van der Waals surface area contributed by atoms with Crippen molar-refractivity contribution in [3.63, 3.8) is 0 Å². The average Bonchev–Trinajstić information content (AvgIpc) is 2.83. The van der Waals surface area contributed by atoms with Crippen molar-refractivity contribution in [1.82, 2.24) is 5.43 Å². The number of fused-ring (bicyclic) bond motifs is 1. The van der Waals surface area contributed by atoms with E-state index in [1.54, 1.807) is 0 Å². The van der Waals surface area contributed by atoms with E-state index in [1.165, 1.54) is 30.5 Å². The number of amides is 1. The molecule has 4 rings (SSSR count). The first kappa shape index (κ1) is 20.7. The molecule has 0 unspecified atom stereocenters. The van der Waals surface area contributed by atoms with Crippen molar-refractivity contribution in [1.29, 1.82) is 0 Å². The molecule has 0 spiro atoms. The quantitative estimate of drug-likeness (QED) is 0.253. The largest absolute Gasteiger partial charge is 0.488 e. The van der Waals surface area contributed by atoms with E-state index < -0.39 is 10.8 Å². The van der Waals surface area contributed by atoms with Gasteiger partial charge in [0.05, 0.1) is 11.1 Å². The Morgan fingerprint density at radius 2 is 1.66 bits per heavy atom. The molecule has 0 aliphatic carbocycles. The number of nitrogens with one attached hydrogen (secondary N) is 1. The van der Waals surface area contributed by atoms with Gasteiger partial charge in [-0.15, -0.1) is 0 Å². The maximum absolute atomic E-state index is 12.2. The minimum atomic E-state index is -0.519. The van der Waals surface area contributed by atoms with Crippen molar-refractivity contribution in [2.75, 3.05) is 0 Å². The van der Waals surface area contributed by atoms with Crippen LogP contribution in [-0.4, -0.2) is 17.0 Å². The lowest BCUT2D eigenvalue weighted by atomic mass is 10.1. The number of non-ortho nitro benzene ring substituents is 1. The lowest BCUT2D eigenvalue weighted by Crippen LogP contribution is -2.17. The van der Waals surface area contributed by atoms with E-state index in [1.807, 2.05) is 48.5 Å². The Morgan fingerprint density at radius 1 is 0.938 bits per heavy atom. The standard InChI is InChI=1S/C25H19N3O4/c29-25(19-12-14-22(15-13-19)28(30)31)27-26-16-20-7-2-4-11-24(20)32-17-21-9-5-8-18-6-1-3-10-23(18)21/h1-16H,17H2,(H,27,29). The number of nitro benzene ring substituents is 1.